The number of carbonyl (C=O) groups is 1. The highest BCUT2D eigenvalue weighted by Gasteiger charge is 2.22. The van der Waals surface area contributed by atoms with Gasteiger partial charge in [-0.25, -0.2) is 14.8 Å². The van der Waals surface area contributed by atoms with Crippen LogP contribution in [0.15, 0.2) is 47.0 Å². The molecule has 0 bridgehead atoms. The van der Waals surface area contributed by atoms with Crippen molar-refractivity contribution in [2.45, 2.75) is 13.3 Å². The molecule has 0 aliphatic carbocycles. The maximum Gasteiger partial charge on any atom is 0.344 e. The molecule has 0 unspecified atom stereocenters. The highest BCUT2D eigenvalue weighted by atomic mass is 19.3. The quantitative estimate of drug-likeness (QED) is 0.518. The van der Waals surface area contributed by atoms with E-state index in [1.54, 1.807) is 43.3 Å². The average Bonchev–Trinajstić information content (AvgIpc) is 3.19. The van der Waals surface area contributed by atoms with E-state index < -0.39 is 18.3 Å². The number of pyridine rings is 1. The fourth-order valence-electron chi connectivity index (χ4n) is 2.51. The monoisotopic (exact) mass is 404 g/mol. The molecule has 3 rings (SSSR count). The molecule has 0 radical (unpaired) electrons. The second-order valence-corrected chi connectivity index (χ2v) is 5.74. The van der Waals surface area contributed by atoms with Gasteiger partial charge in [-0.15, -0.1) is 0 Å². The van der Waals surface area contributed by atoms with Crippen LogP contribution in [0.1, 0.15) is 19.2 Å². The van der Waals surface area contributed by atoms with Gasteiger partial charge >= 0.3 is 12.4 Å². The van der Waals surface area contributed by atoms with Crippen LogP contribution in [0.3, 0.4) is 0 Å². The van der Waals surface area contributed by atoms with Gasteiger partial charge in [-0.1, -0.05) is 0 Å². The van der Waals surface area contributed by atoms with E-state index in [4.69, 9.17) is 18.6 Å². The maximum atomic E-state index is 13.2. The first-order valence-corrected chi connectivity index (χ1v) is 8.70. The van der Waals surface area contributed by atoms with E-state index >= 15 is 0 Å². The van der Waals surface area contributed by atoms with Crippen molar-refractivity contribution < 1.29 is 32.2 Å². The van der Waals surface area contributed by atoms with Gasteiger partial charge in [0.2, 0.25) is 5.88 Å². The fraction of sp³-hybridized carbons (Fsp3) is 0.250. The molecule has 0 saturated heterocycles. The fourth-order valence-corrected chi connectivity index (χ4v) is 2.51. The highest BCUT2D eigenvalue weighted by molar-refractivity contribution is 5.77. The summed E-state index contributed by atoms with van der Waals surface area (Å²) in [5, 5.41) is 0. The molecule has 7 nitrogen and oxygen atoms in total. The van der Waals surface area contributed by atoms with Crippen LogP contribution in [0.4, 0.5) is 8.78 Å². The van der Waals surface area contributed by atoms with Gasteiger partial charge in [-0.3, -0.25) is 0 Å². The van der Waals surface area contributed by atoms with E-state index in [1.165, 1.54) is 13.3 Å². The van der Waals surface area contributed by atoms with Crippen molar-refractivity contribution in [3.8, 4) is 34.2 Å². The van der Waals surface area contributed by atoms with Crippen molar-refractivity contribution in [3.63, 3.8) is 0 Å². The third-order valence-electron chi connectivity index (χ3n) is 3.83. The number of rotatable bonds is 8. The van der Waals surface area contributed by atoms with Crippen molar-refractivity contribution in [2.24, 2.45) is 0 Å². The lowest BCUT2D eigenvalue weighted by Gasteiger charge is -2.07. The average molecular weight is 404 g/mol. The van der Waals surface area contributed by atoms with Crippen LogP contribution in [-0.2, 0) is 9.53 Å². The predicted molar refractivity (Wildman–Crippen MR) is 98.8 cm³/mol. The summed E-state index contributed by atoms with van der Waals surface area (Å²) in [5.74, 6) is -0.195. The van der Waals surface area contributed by atoms with Crippen LogP contribution in [0, 0.1) is 0 Å². The summed E-state index contributed by atoms with van der Waals surface area (Å²) in [4.78, 5) is 19.4. The van der Waals surface area contributed by atoms with Gasteiger partial charge in [-0.05, 0) is 37.3 Å². The van der Waals surface area contributed by atoms with Gasteiger partial charge in [-0.2, -0.15) is 8.78 Å². The molecule has 0 N–H and O–H groups in total. The number of hydrogen-bond donors (Lipinski definition) is 0. The van der Waals surface area contributed by atoms with Crippen molar-refractivity contribution in [1.29, 1.82) is 0 Å². The Morgan fingerprint density at radius 1 is 1.14 bits per heavy atom. The second kappa shape index (κ2) is 9.13. The largest absolute Gasteiger partial charge is 0.482 e. The van der Waals surface area contributed by atoms with E-state index in [9.17, 15) is 13.6 Å². The molecule has 0 aliphatic heterocycles. The SMILES string of the molecule is CCOC(=O)COc1ccc(-c2oc(C(F)F)nc2-c2ccc(OC)nc2)cc1. The molecule has 152 valence electrons. The van der Waals surface area contributed by atoms with Crippen LogP contribution < -0.4 is 9.47 Å². The number of hydrogen-bond acceptors (Lipinski definition) is 7. The zero-order valence-corrected chi connectivity index (χ0v) is 15.7. The zero-order valence-electron chi connectivity index (χ0n) is 15.7. The normalized spacial score (nSPS) is 10.8. The Bertz CT molecular complexity index is 956. The minimum absolute atomic E-state index is 0.171. The lowest BCUT2D eigenvalue weighted by molar-refractivity contribution is -0.145. The van der Waals surface area contributed by atoms with Gasteiger partial charge in [0.05, 0.1) is 13.7 Å². The van der Waals surface area contributed by atoms with Gasteiger partial charge in [0, 0.05) is 23.4 Å². The molecule has 29 heavy (non-hydrogen) atoms. The van der Waals surface area contributed by atoms with Crippen LogP contribution in [0.2, 0.25) is 0 Å². The summed E-state index contributed by atoms with van der Waals surface area (Å²) in [6.07, 6.45) is -1.40. The number of ether oxygens (including phenoxy) is 3. The van der Waals surface area contributed by atoms with Crippen molar-refractivity contribution in [1.82, 2.24) is 9.97 Å². The molecular weight excluding hydrogens is 386 g/mol. The number of methoxy groups -OCH3 is 1. The van der Waals surface area contributed by atoms with Gasteiger partial charge in [0.15, 0.2) is 12.4 Å². The number of alkyl halides is 2. The number of halogens is 2. The summed E-state index contributed by atoms with van der Waals surface area (Å²) >= 11 is 0. The first kappa shape index (κ1) is 20.2. The molecule has 1 aromatic carbocycles. The van der Waals surface area contributed by atoms with Crippen LogP contribution >= 0.6 is 0 Å². The van der Waals surface area contributed by atoms with Crippen LogP contribution in [0.25, 0.3) is 22.6 Å². The van der Waals surface area contributed by atoms with E-state index in [0.717, 1.165) is 0 Å². The Morgan fingerprint density at radius 3 is 2.45 bits per heavy atom. The third kappa shape index (κ3) is 4.87. The standard InChI is InChI=1S/C20H18F2N2O5/c1-3-27-16(25)11-28-14-7-4-12(5-8-14)18-17(24-20(29-18)19(21)22)13-6-9-15(26-2)23-10-13/h4-10,19H,3,11H2,1-2H3. The van der Waals surface area contributed by atoms with Crippen molar-refractivity contribution >= 4 is 5.97 Å². The van der Waals surface area contributed by atoms with E-state index in [0.29, 0.717) is 22.8 Å². The topological polar surface area (TPSA) is 83.7 Å². The summed E-state index contributed by atoms with van der Waals surface area (Å²) in [6, 6.07) is 9.68. The Kier molecular flexibility index (Phi) is 6.38. The molecule has 0 fully saturated rings. The van der Waals surface area contributed by atoms with Crippen molar-refractivity contribution in [2.75, 3.05) is 20.3 Å². The molecule has 0 spiro atoms. The number of esters is 1. The van der Waals surface area contributed by atoms with Gasteiger partial charge in [0.1, 0.15) is 11.4 Å². The molecular formula is C20H18F2N2O5. The number of benzene rings is 1. The summed E-state index contributed by atoms with van der Waals surface area (Å²) < 4.78 is 46.8. The third-order valence-corrected chi connectivity index (χ3v) is 3.83. The minimum Gasteiger partial charge on any atom is -0.482 e. The second-order valence-electron chi connectivity index (χ2n) is 5.74. The van der Waals surface area contributed by atoms with Gasteiger partial charge < -0.3 is 18.6 Å². The van der Waals surface area contributed by atoms with Crippen LogP contribution in [-0.4, -0.2) is 36.3 Å². The molecule has 0 atom stereocenters. The number of aromatic nitrogens is 2. The van der Waals surface area contributed by atoms with E-state index in [-0.39, 0.29) is 24.7 Å². The van der Waals surface area contributed by atoms with Crippen LogP contribution in [0.5, 0.6) is 11.6 Å². The number of nitrogens with zero attached hydrogens (tertiary/aromatic N) is 2. The Hall–Kier alpha value is -3.49. The maximum absolute atomic E-state index is 13.2. The van der Waals surface area contributed by atoms with Gasteiger partial charge in [0.25, 0.3) is 5.89 Å². The summed E-state index contributed by atoms with van der Waals surface area (Å²) in [5.41, 5.74) is 1.24. The Labute approximate surface area is 165 Å². The molecule has 0 saturated carbocycles. The number of oxazole rings is 1. The first-order chi connectivity index (χ1) is 14.0. The minimum atomic E-state index is -2.86. The molecule has 0 aliphatic rings. The van der Waals surface area contributed by atoms with Crippen molar-refractivity contribution in [3.05, 3.63) is 48.5 Å². The molecule has 9 heteroatoms. The molecule has 3 aromatic rings. The first-order valence-electron chi connectivity index (χ1n) is 8.70. The smallest absolute Gasteiger partial charge is 0.344 e. The predicted octanol–water partition coefficient (Wildman–Crippen LogP) is 4.29. The summed E-state index contributed by atoms with van der Waals surface area (Å²) in [7, 11) is 1.48. The van der Waals surface area contributed by atoms with E-state index in [1.807, 2.05) is 0 Å². The lowest BCUT2D eigenvalue weighted by atomic mass is 10.1. The number of carbonyl (C=O) groups excluding carboxylic acids is 1. The molecule has 0 amide bonds. The van der Waals surface area contributed by atoms with E-state index in [2.05, 4.69) is 9.97 Å². The summed E-state index contributed by atoms with van der Waals surface area (Å²) in [6.45, 7) is 1.74. The Morgan fingerprint density at radius 2 is 1.86 bits per heavy atom. The molecule has 2 aromatic heterocycles. The molecule has 2 heterocycles. The zero-order chi connectivity index (χ0) is 20.8. The highest BCUT2D eigenvalue weighted by Crippen LogP contribution is 2.36. The Balaban J connectivity index is 1.88. The lowest BCUT2D eigenvalue weighted by Crippen LogP contribution is -2.14.